The van der Waals surface area contributed by atoms with Crippen LogP contribution in [0.1, 0.15) is 12.8 Å². The molecular formula is C5H12Cl2N+. The van der Waals surface area contributed by atoms with Crippen molar-refractivity contribution in [2.45, 2.75) is 18.2 Å². The summed E-state index contributed by atoms with van der Waals surface area (Å²) in [6.07, 6.45) is 2.00. The molecule has 3 heteroatoms. The van der Waals surface area contributed by atoms with Gasteiger partial charge in [-0.2, -0.15) is 0 Å². The van der Waals surface area contributed by atoms with Crippen molar-refractivity contribution in [3.63, 3.8) is 0 Å². The highest BCUT2D eigenvalue weighted by Gasteiger charge is 2.00. The standard InChI is InChI=1S/C5H11Cl2N/c6-3-1-2-5(7)4-8/h5H,1-4,8H2/p+1/t5-/m1/s1. The van der Waals surface area contributed by atoms with Gasteiger partial charge in [-0.1, -0.05) is 0 Å². The van der Waals surface area contributed by atoms with Gasteiger partial charge in [0.05, 0.1) is 11.9 Å². The normalized spacial score (nSPS) is 13.9. The lowest BCUT2D eigenvalue weighted by molar-refractivity contribution is -0.367. The second kappa shape index (κ2) is 5.67. The van der Waals surface area contributed by atoms with Gasteiger partial charge < -0.3 is 5.73 Å². The van der Waals surface area contributed by atoms with E-state index in [-0.39, 0.29) is 5.38 Å². The lowest BCUT2D eigenvalue weighted by Gasteiger charge is -1.99. The predicted octanol–water partition coefficient (Wildman–Crippen LogP) is 0.855. The summed E-state index contributed by atoms with van der Waals surface area (Å²) in [7, 11) is 0. The van der Waals surface area contributed by atoms with Gasteiger partial charge in [0.15, 0.2) is 0 Å². The van der Waals surface area contributed by atoms with E-state index in [1.165, 1.54) is 0 Å². The highest BCUT2D eigenvalue weighted by molar-refractivity contribution is 6.20. The molecule has 1 nitrogen and oxygen atoms in total. The van der Waals surface area contributed by atoms with Crippen molar-refractivity contribution in [3.8, 4) is 0 Å². The average molecular weight is 157 g/mol. The minimum absolute atomic E-state index is 0.230. The molecule has 0 bridgehead atoms. The maximum atomic E-state index is 5.72. The Kier molecular flexibility index (Phi) is 6.06. The van der Waals surface area contributed by atoms with Crippen LogP contribution >= 0.6 is 23.2 Å². The van der Waals surface area contributed by atoms with Crippen LogP contribution in [-0.2, 0) is 0 Å². The predicted molar refractivity (Wildman–Crippen MR) is 37.4 cm³/mol. The fourth-order valence-corrected chi connectivity index (χ4v) is 0.752. The first-order valence-electron chi connectivity index (χ1n) is 2.80. The maximum absolute atomic E-state index is 5.72. The molecule has 0 aromatic carbocycles. The summed E-state index contributed by atoms with van der Waals surface area (Å²) in [6, 6.07) is 0. The summed E-state index contributed by atoms with van der Waals surface area (Å²) in [5.74, 6) is 0.712. The molecule has 0 aliphatic carbocycles. The Morgan fingerprint density at radius 2 is 2.12 bits per heavy atom. The number of halogens is 2. The molecule has 0 aliphatic rings. The lowest BCUT2D eigenvalue weighted by Crippen LogP contribution is -2.54. The molecule has 0 saturated heterocycles. The van der Waals surface area contributed by atoms with Crippen LogP contribution in [-0.4, -0.2) is 17.8 Å². The number of hydrogen-bond acceptors (Lipinski definition) is 0. The van der Waals surface area contributed by atoms with Gasteiger partial charge in [-0.3, -0.25) is 0 Å². The van der Waals surface area contributed by atoms with Crippen LogP contribution in [0.3, 0.4) is 0 Å². The molecule has 8 heavy (non-hydrogen) atoms. The number of alkyl halides is 2. The molecule has 0 saturated carbocycles. The van der Waals surface area contributed by atoms with Crippen molar-refractivity contribution in [1.29, 1.82) is 0 Å². The molecule has 0 aliphatic heterocycles. The zero-order valence-electron chi connectivity index (χ0n) is 4.87. The monoisotopic (exact) mass is 156 g/mol. The zero-order valence-corrected chi connectivity index (χ0v) is 6.38. The van der Waals surface area contributed by atoms with E-state index in [0.29, 0.717) is 5.88 Å². The number of rotatable bonds is 4. The van der Waals surface area contributed by atoms with Crippen molar-refractivity contribution >= 4 is 23.2 Å². The molecule has 0 spiro atoms. The third-order valence-electron chi connectivity index (χ3n) is 0.964. The largest absolute Gasteiger partial charge is 0.356 e. The fraction of sp³-hybridized carbons (Fsp3) is 1.00. The van der Waals surface area contributed by atoms with Gasteiger partial charge in [-0.25, -0.2) is 0 Å². The molecule has 0 aromatic heterocycles. The summed E-state index contributed by atoms with van der Waals surface area (Å²) in [5.41, 5.74) is 3.66. The summed E-state index contributed by atoms with van der Waals surface area (Å²) >= 11 is 11.1. The summed E-state index contributed by atoms with van der Waals surface area (Å²) in [6.45, 7) is 0.804. The van der Waals surface area contributed by atoms with Gasteiger partial charge in [0.25, 0.3) is 0 Å². The van der Waals surface area contributed by atoms with Gasteiger partial charge in [0.1, 0.15) is 0 Å². The topological polar surface area (TPSA) is 27.6 Å². The fourth-order valence-electron chi connectivity index (χ4n) is 0.443. The summed E-state index contributed by atoms with van der Waals surface area (Å²) in [5, 5.41) is 0.230. The third-order valence-corrected chi connectivity index (χ3v) is 1.67. The van der Waals surface area contributed by atoms with E-state index in [1.807, 2.05) is 0 Å². The van der Waals surface area contributed by atoms with Crippen LogP contribution in [0.5, 0.6) is 0 Å². The molecule has 0 amide bonds. The zero-order chi connectivity index (χ0) is 6.41. The van der Waals surface area contributed by atoms with Crippen molar-refractivity contribution in [2.24, 2.45) is 0 Å². The first-order valence-corrected chi connectivity index (χ1v) is 3.77. The van der Waals surface area contributed by atoms with E-state index in [4.69, 9.17) is 23.2 Å². The maximum Gasteiger partial charge on any atom is 0.0906 e. The van der Waals surface area contributed by atoms with Gasteiger partial charge in [0.2, 0.25) is 0 Å². The molecule has 0 fully saturated rings. The minimum Gasteiger partial charge on any atom is -0.356 e. The Hall–Kier alpha value is 0.540. The van der Waals surface area contributed by atoms with Crippen LogP contribution in [0.4, 0.5) is 0 Å². The van der Waals surface area contributed by atoms with E-state index in [0.717, 1.165) is 19.4 Å². The van der Waals surface area contributed by atoms with E-state index < -0.39 is 0 Å². The van der Waals surface area contributed by atoms with E-state index in [2.05, 4.69) is 5.73 Å². The lowest BCUT2D eigenvalue weighted by atomic mass is 10.2. The Bertz CT molecular complexity index is 49.7. The van der Waals surface area contributed by atoms with Crippen molar-refractivity contribution in [3.05, 3.63) is 0 Å². The Balaban J connectivity index is 2.86. The van der Waals surface area contributed by atoms with E-state index >= 15 is 0 Å². The van der Waals surface area contributed by atoms with Gasteiger partial charge >= 0.3 is 0 Å². The summed E-state index contributed by atoms with van der Waals surface area (Å²) in [4.78, 5) is 0. The number of hydrogen-bond donors (Lipinski definition) is 1. The molecule has 0 radical (unpaired) electrons. The van der Waals surface area contributed by atoms with Crippen LogP contribution < -0.4 is 5.73 Å². The Labute approximate surface area is 60.1 Å². The first kappa shape index (κ1) is 8.54. The van der Waals surface area contributed by atoms with Crippen molar-refractivity contribution in [1.82, 2.24) is 0 Å². The first-order chi connectivity index (χ1) is 3.81. The molecule has 1 atom stereocenters. The quantitative estimate of drug-likeness (QED) is 0.586. The second-order valence-corrected chi connectivity index (χ2v) is 2.71. The molecule has 0 unspecified atom stereocenters. The highest BCUT2D eigenvalue weighted by atomic mass is 35.5. The van der Waals surface area contributed by atoms with Gasteiger partial charge in [0, 0.05) is 5.88 Å². The summed E-state index contributed by atoms with van der Waals surface area (Å²) < 4.78 is 0. The van der Waals surface area contributed by atoms with Crippen LogP contribution in [0.2, 0.25) is 0 Å². The van der Waals surface area contributed by atoms with Crippen LogP contribution in [0.15, 0.2) is 0 Å². The van der Waals surface area contributed by atoms with Gasteiger partial charge in [-0.15, -0.1) is 23.2 Å². The van der Waals surface area contributed by atoms with Gasteiger partial charge in [-0.05, 0) is 12.8 Å². The SMILES string of the molecule is [NH3+]C[C@H](Cl)CCCCl. The third kappa shape index (κ3) is 4.69. The second-order valence-electron chi connectivity index (χ2n) is 1.72. The van der Waals surface area contributed by atoms with Crippen molar-refractivity contribution < 1.29 is 5.73 Å². The van der Waals surface area contributed by atoms with Crippen molar-refractivity contribution in [2.75, 3.05) is 12.4 Å². The van der Waals surface area contributed by atoms with Crippen LogP contribution in [0, 0.1) is 0 Å². The molecular weight excluding hydrogens is 145 g/mol. The Morgan fingerprint density at radius 1 is 1.50 bits per heavy atom. The molecule has 0 heterocycles. The smallest absolute Gasteiger partial charge is 0.0906 e. The van der Waals surface area contributed by atoms with E-state index in [9.17, 15) is 0 Å². The average Bonchev–Trinajstić information content (AvgIpc) is 1.83. The molecule has 3 N–H and O–H groups in total. The highest BCUT2D eigenvalue weighted by Crippen LogP contribution is 2.02. The number of quaternary nitrogens is 1. The molecule has 0 aromatic rings. The molecule has 50 valence electrons. The Morgan fingerprint density at radius 3 is 2.50 bits per heavy atom. The minimum atomic E-state index is 0.230. The van der Waals surface area contributed by atoms with Crippen LogP contribution in [0.25, 0.3) is 0 Å². The van der Waals surface area contributed by atoms with E-state index in [1.54, 1.807) is 0 Å². The molecule has 0 rings (SSSR count).